The van der Waals surface area contributed by atoms with Crippen LogP contribution in [0.25, 0.3) is 5.57 Å². The Bertz CT molecular complexity index is 1160. The van der Waals surface area contributed by atoms with Crippen molar-refractivity contribution in [2.24, 2.45) is 0 Å². The lowest BCUT2D eigenvalue weighted by Gasteiger charge is -2.36. The molecule has 1 aliphatic rings. The number of hydrogen-bond acceptors (Lipinski definition) is 4. The Kier molecular flexibility index (Phi) is 6.25. The van der Waals surface area contributed by atoms with Gasteiger partial charge in [0.1, 0.15) is 12.4 Å². The van der Waals surface area contributed by atoms with Crippen LogP contribution in [0.5, 0.6) is 0 Å². The monoisotopic (exact) mass is 451 g/mol. The van der Waals surface area contributed by atoms with Gasteiger partial charge < -0.3 is 9.64 Å². The highest BCUT2D eigenvalue weighted by molar-refractivity contribution is 7.90. The van der Waals surface area contributed by atoms with Gasteiger partial charge >= 0.3 is 6.18 Å². The number of ether oxygens (including phenoxy) is 1. The number of nitrogens with zero attached hydrogens (tertiary/aromatic N) is 1. The van der Waals surface area contributed by atoms with E-state index in [-0.39, 0.29) is 21.7 Å². The van der Waals surface area contributed by atoms with Crippen LogP contribution in [0.1, 0.15) is 5.56 Å². The van der Waals surface area contributed by atoms with E-state index in [1.807, 2.05) is 0 Å². The summed E-state index contributed by atoms with van der Waals surface area (Å²) in [4.78, 5) is 1.19. The Morgan fingerprint density at radius 3 is 2.23 bits per heavy atom. The molecule has 0 bridgehead atoms. The number of benzene rings is 2. The van der Waals surface area contributed by atoms with Gasteiger partial charge in [0.2, 0.25) is 0 Å². The standard InChI is InChI=1S/C22H17F4NO3S/c1-3-14-30-21-20(22(24,25)26)19(15-4-10-18(11-5-15)31(2,28)29)12-13-27(21)17-8-6-16(23)7-9-17/h1,4-13,21H,14H2,2H3. The van der Waals surface area contributed by atoms with E-state index in [4.69, 9.17) is 11.2 Å². The lowest BCUT2D eigenvalue weighted by Crippen LogP contribution is -2.42. The van der Waals surface area contributed by atoms with Crippen LogP contribution in [0.2, 0.25) is 0 Å². The third kappa shape index (κ3) is 4.98. The molecule has 0 spiro atoms. The molecule has 1 unspecified atom stereocenters. The van der Waals surface area contributed by atoms with Crippen LogP contribution in [-0.2, 0) is 14.6 Å². The molecule has 2 aromatic carbocycles. The van der Waals surface area contributed by atoms with E-state index in [1.54, 1.807) is 0 Å². The maximum absolute atomic E-state index is 14.2. The maximum atomic E-state index is 14.2. The molecular weight excluding hydrogens is 434 g/mol. The first-order valence-corrected chi connectivity index (χ1v) is 10.8. The second-order valence-corrected chi connectivity index (χ2v) is 8.70. The van der Waals surface area contributed by atoms with Gasteiger partial charge in [0.05, 0.1) is 10.5 Å². The minimum atomic E-state index is -4.80. The first-order valence-electron chi connectivity index (χ1n) is 8.91. The second kappa shape index (κ2) is 8.57. The second-order valence-electron chi connectivity index (χ2n) is 6.69. The van der Waals surface area contributed by atoms with Crippen molar-refractivity contribution in [2.45, 2.75) is 17.3 Å². The number of sulfone groups is 1. The number of halogens is 4. The van der Waals surface area contributed by atoms with Crippen LogP contribution in [-0.4, -0.2) is 33.7 Å². The Hall–Kier alpha value is -3.09. The lowest BCUT2D eigenvalue weighted by atomic mass is 9.95. The molecule has 31 heavy (non-hydrogen) atoms. The van der Waals surface area contributed by atoms with Gasteiger partial charge in [0.25, 0.3) is 0 Å². The summed E-state index contributed by atoms with van der Waals surface area (Å²) in [7, 11) is -3.51. The summed E-state index contributed by atoms with van der Waals surface area (Å²) in [5, 5.41) is 0. The van der Waals surface area contributed by atoms with Gasteiger partial charge in [0.15, 0.2) is 16.1 Å². The van der Waals surface area contributed by atoms with Gasteiger partial charge in [-0.1, -0.05) is 18.1 Å². The molecule has 0 amide bonds. The van der Waals surface area contributed by atoms with Crippen LogP contribution in [0.4, 0.5) is 23.2 Å². The predicted molar refractivity (Wildman–Crippen MR) is 109 cm³/mol. The topological polar surface area (TPSA) is 46.6 Å². The Labute approximate surface area is 177 Å². The number of hydrogen-bond donors (Lipinski definition) is 0. The fraction of sp³-hybridized carbons (Fsp3) is 0.182. The largest absolute Gasteiger partial charge is 0.417 e. The third-order valence-electron chi connectivity index (χ3n) is 4.54. The Morgan fingerprint density at radius 2 is 1.71 bits per heavy atom. The fourth-order valence-electron chi connectivity index (χ4n) is 3.15. The molecule has 0 N–H and O–H groups in total. The molecule has 2 aromatic rings. The van der Waals surface area contributed by atoms with E-state index < -0.39 is 40.2 Å². The molecule has 0 saturated carbocycles. The Morgan fingerprint density at radius 1 is 1.10 bits per heavy atom. The average molecular weight is 451 g/mol. The molecule has 4 nitrogen and oxygen atoms in total. The molecule has 9 heteroatoms. The minimum Gasteiger partial charge on any atom is -0.341 e. The summed E-state index contributed by atoms with van der Waals surface area (Å²) in [6.07, 6.45) is 2.40. The number of alkyl halides is 3. The SMILES string of the molecule is C#CCOC1C(C(F)(F)F)=C(c2ccc(S(C)(=O)=O)cc2)C=CN1c1ccc(F)cc1. The molecule has 162 valence electrons. The molecular formula is C22H17F4NO3S. The maximum Gasteiger partial charge on any atom is 0.417 e. The Balaban J connectivity index is 2.15. The quantitative estimate of drug-likeness (QED) is 0.494. The number of allylic oxidation sites excluding steroid dienone is 2. The van der Waals surface area contributed by atoms with Crippen molar-refractivity contribution in [1.29, 1.82) is 0 Å². The number of terminal acetylenes is 1. The van der Waals surface area contributed by atoms with Gasteiger partial charge in [-0.3, -0.25) is 0 Å². The van der Waals surface area contributed by atoms with E-state index in [1.165, 1.54) is 53.6 Å². The molecule has 0 radical (unpaired) electrons. The molecule has 0 saturated heterocycles. The molecule has 1 atom stereocenters. The summed E-state index contributed by atoms with van der Waals surface area (Å²) in [5.74, 6) is 1.62. The molecule has 0 aliphatic carbocycles. The fourth-order valence-corrected chi connectivity index (χ4v) is 3.78. The van der Waals surface area contributed by atoms with Gasteiger partial charge in [0, 0.05) is 18.1 Å². The van der Waals surface area contributed by atoms with Gasteiger partial charge in [-0.05, 0) is 53.6 Å². The smallest absolute Gasteiger partial charge is 0.341 e. The van der Waals surface area contributed by atoms with Crippen molar-refractivity contribution in [3.63, 3.8) is 0 Å². The highest BCUT2D eigenvalue weighted by Gasteiger charge is 2.45. The highest BCUT2D eigenvalue weighted by atomic mass is 32.2. The molecule has 0 fully saturated rings. The van der Waals surface area contributed by atoms with E-state index in [0.717, 1.165) is 18.4 Å². The normalized spacial score (nSPS) is 17.0. The molecule has 3 rings (SSSR count). The first kappa shape index (κ1) is 22.6. The van der Waals surface area contributed by atoms with E-state index in [9.17, 15) is 26.0 Å². The first-order chi connectivity index (χ1) is 14.5. The molecule has 1 aliphatic heterocycles. The zero-order valence-corrected chi connectivity index (χ0v) is 17.0. The molecule has 0 aromatic heterocycles. The summed E-state index contributed by atoms with van der Waals surface area (Å²) < 4.78 is 84.5. The number of anilines is 1. The zero-order chi connectivity index (χ0) is 22.8. The molecule has 1 heterocycles. The number of rotatable bonds is 5. The zero-order valence-electron chi connectivity index (χ0n) is 16.2. The van der Waals surface area contributed by atoms with Gasteiger partial charge in [-0.25, -0.2) is 12.8 Å². The summed E-state index contributed by atoms with van der Waals surface area (Å²) in [5.41, 5.74) is -0.772. The predicted octanol–water partition coefficient (Wildman–Crippen LogP) is 4.55. The van der Waals surface area contributed by atoms with Crippen molar-refractivity contribution < 1.29 is 30.7 Å². The highest BCUT2D eigenvalue weighted by Crippen LogP contribution is 2.41. The van der Waals surface area contributed by atoms with Crippen LogP contribution in [0, 0.1) is 18.2 Å². The van der Waals surface area contributed by atoms with Crippen molar-refractivity contribution >= 4 is 21.1 Å². The van der Waals surface area contributed by atoms with Crippen molar-refractivity contribution in [2.75, 3.05) is 17.8 Å². The van der Waals surface area contributed by atoms with Gasteiger partial charge in [-0.15, -0.1) is 6.42 Å². The summed E-state index contributed by atoms with van der Waals surface area (Å²) in [6.45, 7) is -0.393. The van der Waals surface area contributed by atoms with Crippen molar-refractivity contribution in [1.82, 2.24) is 0 Å². The van der Waals surface area contributed by atoms with Crippen molar-refractivity contribution in [3.8, 4) is 12.3 Å². The van der Waals surface area contributed by atoms with Crippen LogP contribution < -0.4 is 4.90 Å². The van der Waals surface area contributed by atoms with Crippen LogP contribution in [0.15, 0.2) is 71.3 Å². The van der Waals surface area contributed by atoms with E-state index >= 15 is 0 Å². The van der Waals surface area contributed by atoms with Gasteiger partial charge in [-0.2, -0.15) is 13.2 Å². The summed E-state index contributed by atoms with van der Waals surface area (Å²) in [6, 6.07) is 9.97. The lowest BCUT2D eigenvalue weighted by molar-refractivity contribution is -0.108. The third-order valence-corrected chi connectivity index (χ3v) is 5.67. The minimum absolute atomic E-state index is 0.0155. The average Bonchev–Trinajstić information content (AvgIpc) is 2.71. The van der Waals surface area contributed by atoms with Crippen LogP contribution in [0.3, 0.4) is 0 Å². The van der Waals surface area contributed by atoms with Crippen molar-refractivity contribution in [3.05, 3.63) is 77.8 Å². The van der Waals surface area contributed by atoms with E-state index in [0.29, 0.717) is 0 Å². The van der Waals surface area contributed by atoms with E-state index in [2.05, 4.69) is 5.92 Å². The summed E-state index contributed by atoms with van der Waals surface area (Å²) >= 11 is 0. The van der Waals surface area contributed by atoms with Crippen LogP contribution >= 0.6 is 0 Å².